The lowest BCUT2D eigenvalue weighted by Gasteiger charge is -2.35. The molecular formula is C25H26N4O4. The molecule has 0 radical (unpaired) electrons. The van der Waals surface area contributed by atoms with Gasteiger partial charge in [0.1, 0.15) is 11.5 Å². The van der Waals surface area contributed by atoms with Crippen LogP contribution in [0.5, 0.6) is 11.5 Å². The number of anilines is 2. The molecule has 1 saturated heterocycles. The van der Waals surface area contributed by atoms with Crippen LogP contribution >= 0.6 is 0 Å². The Morgan fingerprint density at radius 3 is 2.58 bits per heavy atom. The van der Waals surface area contributed by atoms with Crippen LogP contribution < -0.4 is 9.80 Å². The quantitative estimate of drug-likeness (QED) is 0.636. The second kappa shape index (κ2) is 8.71. The molecule has 0 unspecified atom stereocenters. The van der Waals surface area contributed by atoms with Crippen LogP contribution in [-0.4, -0.2) is 58.7 Å². The van der Waals surface area contributed by atoms with Crippen molar-refractivity contribution in [3.8, 4) is 22.8 Å². The number of carbonyl (C=O) groups is 1. The van der Waals surface area contributed by atoms with Crippen LogP contribution in [0.2, 0.25) is 0 Å². The maximum atomic E-state index is 13.3. The van der Waals surface area contributed by atoms with E-state index in [0.29, 0.717) is 13.2 Å². The second-order valence-corrected chi connectivity index (χ2v) is 8.48. The summed E-state index contributed by atoms with van der Waals surface area (Å²) in [6.45, 7) is 5.02. The van der Waals surface area contributed by atoms with Gasteiger partial charge < -0.3 is 24.7 Å². The summed E-state index contributed by atoms with van der Waals surface area (Å²) in [6, 6.07) is 13.9. The fraction of sp³-hybridized carbons (Fsp3) is 0.320. The standard InChI is InChI=1S/C25H26N4O4/c1-16-2-3-18-14-17(21-7-9-24(27-26-21)28-10-12-33-13-11-28)4-8-22(18)29(16)25(32)20-6-5-19(30)15-23(20)31/h4-9,14-16,30-31H,2-3,10-13H2,1H3/t16-/m0/s1. The Balaban J connectivity index is 1.43. The molecule has 8 nitrogen and oxygen atoms in total. The lowest BCUT2D eigenvalue weighted by atomic mass is 9.93. The van der Waals surface area contributed by atoms with Crippen molar-refractivity contribution in [2.45, 2.75) is 25.8 Å². The summed E-state index contributed by atoms with van der Waals surface area (Å²) < 4.78 is 5.40. The molecule has 0 aliphatic carbocycles. The topological polar surface area (TPSA) is 99.0 Å². The minimum absolute atomic E-state index is 0.0170. The molecule has 3 heterocycles. The predicted octanol–water partition coefficient (Wildman–Crippen LogP) is 3.37. The zero-order chi connectivity index (χ0) is 22.9. The van der Waals surface area contributed by atoms with Crippen LogP contribution in [0.15, 0.2) is 48.5 Å². The minimum atomic E-state index is -0.289. The van der Waals surface area contributed by atoms with Gasteiger partial charge in [0.15, 0.2) is 5.82 Å². The molecule has 1 fully saturated rings. The number of aromatic nitrogens is 2. The van der Waals surface area contributed by atoms with Gasteiger partial charge in [-0.25, -0.2) is 0 Å². The average Bonchev–Trinajstić information content (AvgIpc) is 2.84. The van der Waals surface area contributed by atoms with Crippen LogP contribution in [0.1, 0.15) is 29.3 Å². The number of benzene rings is 2. The zero-order valence-electron chi connectivity index (χ0n) is 18.4. The molecule has 2 aromatic carbocycles. The van der Waals surface area contributed by atoms with Crippen molar-refractivity contribution in [3.05, 3.63) is 59.7 Å². The minimum Gasteiger partial charge on any atom is -0.508 e. The first kappa shape index (κ1) is 21.2. The Morgan fingerprint density at radius 2 is 1.85 bits per heavy atom. The third-order valence-electron chi connectivity index (χ3n) is 6.32. The molecular weight excluding hydrogens is 420 g/mol. The highest BCUT2D eigenvalue weighted by atomic mass is 16.5. The molecule has 1 atom stereocenters. The number of morpholine rings is 1. The number of fused-ring (bicyclic) bond motifs is 1. The van der Waals surface area contributed by atoms with Crippen molar-refractivity contribution in [2.75, 3.05) is 36.1 Å². The number of aryl methyl sites for hydroxylation is 1. The van der Waals surface area contributed by atoms with Gasteiger partial charge >= 0.3 is 0 Å². The normalized spacial score (nSPS) is 18.2. The summed E-state index contributed by atoms with van der Waals surface area (Å²) in [4.78, 5) is 17.2. The fourth-order valence-electron chi connectivity index (χ4n) is 4.49. The van der Waals surface area contributed by atoms with Crippen molar-refractivity contribution in [1.82, 2.24) is 10.2 Å². The molecule has 3 aromatic rings. The first-order chi connectivity index (χ1) is 16.0. The largest absolute Gasteiger partial charge is 0.508 e. The van der Waals surface area contributed by atoms with Gasteiger partial charge in [-0.2, -0.15) is 0 Å². The van der Waals surface area contributed by atoms with Crippen molar-refractivity contribution >= 4 is 17.4 Å². The summed E-state index contributed by atoms with van der Waals surface area (Å²) in [5.74, 6) is 0.246. The second-order valence-electron chi connectivity index (χ2n) is 8.48. The van der Waals surface area contributed by atoms with E-state index in [1.807, 2.05) is 31.2 Å². The number of aromatic hydroxyl groups is 2. The maximum Gasteiger partial charge on any atom is 0.262 e. The van der Waals surface area contributed by atoms with Crippen molar-refractivity contribution in [3.63, 3.8) is 0 Å². The monoisotopic (exact) mass is 446 g/mol. The molecule has 33 heavy (non-hydrogen) atoms. The molecule has 2 N–H and O–H groups in total. The van der Waals surface area contributed by atoms with Crippen LogP contribution in [0.4, 0.5) is 11.5 Å². The van der Waals surface area contributed by atoms with Gasteiger partial charge in [0.25, 0.3) is 5.91 Å². The predicted molar refractivity (Wildman–Crippen MR) is 125 cm³/mol. The number of ether oxygens (including phenoxy) is 1. The summed E-state index contributed by atoms with van der Waals surface area (Å²) in [6.07, 6.45) is 1.65. The molecule has 2 aliphatic rings. The van der Waals surface area contributed by atoms with Gasteiger partial charge in [0.05, 0.1) is 24.5 Å². The van der Waals surface area contributed by atoms with Gasteiger partial charge in [-0.15, -0.1) is 10.2 Å². The Morgan fingerprint density at radius 1 is 1.03 bits per heavy atom. The average molecular weight is 447 g/mol. The van der Waals surface area contributed by atoms with Gasteiger partial charge in [0, 0.05) is 36.4 Å². The van der Waals surface area contributed by atoms with E-state index in [1.165, 1.54) is 18.2 Å². The number of hydrogen-bond acceptors (Lipinski definition) is 7. The molecule has 1 aromatic heterocycles. The van der Waals surface area contributed by atoms with Crippen LogP contribution in [0.3, 0.4) is 0 Å². The number of amides is 1. The molecule has 0 spiro atoms. The van der Waals surface area contributed by atoms with E-state index >= 15 is 0 Å². The van der Waals surface area contributed by atoms with E-state index in [-0.39, 0.29) is 29.0 Å². The van der Waals surface area contributed by atoms with Gasteiger partial charge in [-0.1, -0.05) is 6.07 Å². The van der Waals surface area contributed by atoms with E-state index in [4.69, 9.17) is 4.74 Å². The van der Waals surface area contributed by atoms with E-state index in [1.54, 1.807) is 4.90 Å². The molecule has 0 bridgehead atoms. The molecule has 8 heteroatoms. The maximum absolute atomic E-state index is 13.3. The van der Waals surface area contributed by atoms with Gasteiger partial charge in [-0.05, 0) is 61.7 Å². The van der Waals surface area contributed by atoms with Gasteiger partial charge in [0.2, 0.25) is 0 Å². The number of rotatable bonds is 3. The highest BCUT2D eigenvalue weighted by Crippen LogP contribution is 2.36. The first-order valence-electron chi connectivity index (χ1n) is 11.2. The highest BCUT2D eigenvalue weighted by molar-refractivity contribution is 6.09. The zero-order valence-corrected chi connectivity index (χ0v) is 18.4. The van der Waals surface area contributed by atoms with E-state index in [0.717, 1.165) is 54.3 Å². The van der Waals surface area contributed by atoms with Crippen molar-refractivity contribution in [1.29, 1.82) is 0 Å². The van der Waals surface area contributed by atoms with Crippen LogP contribution in [0, 0.1) is 0 Å². The van der Waals surface area contributed by atoms with Crippen LogP contribution in [0.25, 0.3) is 11.3 Å². The lowest BCUT2D eigenvalue weighted by Crippen LogP contribution is -2.42. The number of nitrogens with zero attached hydrogens (tertiary/aromatic N) is 4. The number of carbonyl (C=O) groups excluding carboxylic acids is 1. The Bertz CT molecular complexity index is 1180. The van der Waals surface area contributed by atoms with E-state index in [2.05, 4.69) is 21.2 Å². The van der Waals surface area contributed by atoms with E-state index < -0.39 is 0 Å². The van der Waals surface area contributed by atoms with Crippen molar-refractivity contribution in [2.24, 2.45) is 0 Å². The highest BCUT2D eigenvalue weighted by Gasteiger charge is 2.30. The summed E-state index contributed by atoms with van der Waals surface area (Å²) in [5, 5.41) is 28.6. The fourth-order valence-corrected chi connectivity index (χ4v) is 4.49. The van der Waals surface area contributed by atoms with E-state index in [9.17, 15) is 15.0 Å². The Labute approximate surface area is 192 Å². The number of phenols is 2. The summed E-state index contributed by atoms with van der Waals surface area (Å²) in [7, 11) is 0. The third-order valence-corrected chi connectivity index (χ3v) is 6.32. The van der Waals surface area contributed by atoms with Gasteiger partial charge in [-0.3, -0.25) is 4.79 Å². The number of hydrogen-bond donors (Lipinski definition) is 2. The Kier molecular flexibility index (Phi) is 5.60. The molecule has 5 rings (SSSR count). The Hall–Kier alpha value is -3.65. The third kappa shape index (κ3) is 4.09. The first-order valence-corrected chi connectivity index (χ1v) is 11.2. The SMILES string of the molecule is C[C@H]1CCc2cc(-c3ccc(N4CCOCC4)nn3)ccc2N1C(=O)c1ccc(O)cc1O. The lowest BCUT2D eigenvalue weighted by molar-refractivity contribution is 0.0972. The van der Waals surface area contributed by atoms with Crippen molar-refractivity contribution < 1.29 is 19.7 Å². The smallest absolute Gasteiger partial charge is 0.262 e. The molecule has 1 amide bonds. The molecule has 2 aliphatic heterocycles. The molecule has 170 valence electrons. The number of phenolic OH excluding ortho intramolecular Hbond substituents is 2. The molecule has 0 saturated carbocycles. The summed E-state index contributed by atoms with van der Waals surface area (Å²) in [5.41, 5.74) is 3.77. The van der Waals surface area contributed by atoms with Crippen LogP contribution in [-0.2, 0) is 11.2 Å². The summed E-state index contributed by atoms with van der Waals surface area (Å²) >= 11 is 0.